The molecule has 146 valence electrons. The lowest BCUT2D eigenvalue weighted by Gasteiger charge is -2.41. The highest BCUT2D eigenvalue weighted by Crippen LogP contribution is 2.24. The molecule has 0 bridgehead atoms. The SMILES string of the molecule is COCCNC(=O)[C@@H]1CCCN(C2CCN(Cc3nnc(C)o3)CC2)C1. The molecule has 0 unspecified atom stereocenters. The standard InChI is InChI=1S/C18H31N5O3/c1-14-20-21-17(26-14)13-22-9-5-16(6-10-22)23-8-3-4-15(12-23)18(24)19-7-11-25-2/h15-16H,3-13H2,1-2H3,(H,19,24)/t15-/m1/s1. The van der Waals surface area contributed by atoms with Gasteiger partial charge in [0, 0.05) is 46.3 Å². The molecular weight excluding hydrogens is 334 g/mol. The number of aromatic nitrogens is 2. The van der Waals surface area contributed by atoms with Crippen LogP contribution < -0.4 is 5.32 Å². The van der Waals surface area contributed by atoms with Gasteiger partial charge in [-0.3, -0.25) is 14.6 Å². The van der Waals surface area contributed by atoms with Crippen molar-refractivity contribution in [2.24, 2.45) is 5.92 Å². The molecule has 1 atom stereocenters. The molecule has 1 aromatic rings. The minimum atomic E-state index is 0.111. The average Bonchev–Trinajstić information content (AvgIpc) is 3.07. The van der Waals surface area contributed by atoms with Gasteiger partial charge >= 0.3 is 0 Å². The molecule has 2 fully saturated rings. The van der Waals surface area contributed by atoms with E-state index in [1.165, 1.54) is 0 Å². The summed E-state index contributed by atoms with van der Waals surface area (Å²) in [5.74, 6) is 1.61. The van der Waals surface area contributed by atoms with Crippen LogP contribution in [0, 0.1) is 12.8 Å². The molecule has 8 heteroatoms. The van der Waals surface area contributed by atoms with Crippen LogP contribution in [-0.4, -0.2) is 78.4 Å². The number of rotatable bonds is 7. The zero-order valence-corrected chi connectivity index (χ0v) is 15.9. The summed E-state index contributed by atoms with van der Waals surface area (Å²) in [4.78, 5) is 17.2. The van der Waals surface area contributed by atoms with Crippen molar-refractivity contribution >= 4 is 5.91 Å². The van der Waals surface area contributed by atoms with E-state index in [-0.39, 0.29) is 11.8 Å². The maximum atomic E-state index is 12.3. The number of carbonyl (C=O) groups excluding carboxylic acids is 1. The number of carbonyl (C=O) groups is 1. The summed E-state index contributed by atoms with van der Waals surface area (Å²) in [6.45, 7) is 7.78. The fourth-order valence-corrected chi connectivity index (χ4v) is 4.01. The summed E-state index contributed by atoms with van der Waals surface area (Å²) in [5, 5.41) is 11.0. The second-order valence-electron chi connectivity index (χ2n) is 7.34. The molecule has 2 aliphatic heterocycles. The molecule has 1 N–H and O–H groups in total. The molecule has 0 saturated carbocycles. The predicted molar refractivity (Wildman–Crippen MR) is 96.5 cm³/mol. The summed E-state index contributed by atoms with van der Waals surface area (Å²) in [6.07, 6.45) is 4.35. The number of aryl methyl sites for hydroxylation is 1. The highest BCUT2D eigenvalue weighted by Gasteiger charge is 2.31. The Morgan fingerprint density at radius 1 is 1.27 bits per heavy atom. The summed E-state index contributed by atoms with van der Waals surface area (Å²) in [7, 11) is 1.65. The van der Waals surface area contributed by atoms with Crippen molar-refractivity contribution in [1.82, 2.24) is 25.3 Å². The molecular formula is C18H31N5O3. The van der Waals surface area contributed by atoms with Gasteiger partial charge < -0.3 is 14.5 Å². The minimum absolute atomic E-state index is 0.111. The van der Waals surface area contributed by atoms with E-state index in [0.717, 1.165) is 58.4 Å². The van der Waals surface area contributed by atoms with Gasteiger partial charge in [-0.2, -0.15) is 0 Å². The van der Waals surface area contributed by atoms with Crippen molar-refractivity contribution in [3.05, 3.63) is 11.8 Å². The van der Waals surface area contributed by atoms with E-state index in [1.807, 2.05) is 6.92 Å². The van der Waals surface area contributed by atoms with E-state index in [4.69, 9.17) is 9.15 Å². The molecule has 0 radical (unpaired) electrons. The number of nitrogens with zero attached hydrogens (tertiary/aromatic N) is 4. The van der Waals surface area contributed by atoms with Crippen LogP contribution in [0.4, 0.5) is 0 Å². The number of methoxy groups -OCH3 is 1. The Balaban J connectivity index is 1.42. The molecule has 2 aliphatic rings. The van der Waals surface area contributed by atoms with Gasteiger partial charge in [-0.15, -0.1) is 10.2 Å². The van der Waals surface area contributed by atoms with Gasteiger partial charge in [0.1, 0.15) is 0 Å². The maximum absolute atomic E-state index is 12.3. The van der Waals surface area contributed by atoms with E-state index in [1.54, 1.807) is 7.11 Å². The molecule has 26 heavy (non-hydrogen) atoms. The number of likely N-dealkylation sites (tertiary alicyclic amines) is 2. The van der Waals surface area contributed by atoms with Crippen LogP contribution >= 0.6 is 0 Å². The van der Waals surface area contributed by atoms with Crippen molar-refractivity contribution < 1.29 is 13.9 Å². The molecule has 0 aromatic carbocycles. The van der Waals surface area contributed by atoms with Crippen LogP contribution in [0.3, 0.4) is 0 Å². The summed E-state index contributed by atoms with van der Waals surface area (Å²) >= 11 is 0. The Morgan fingerprint density at radius 2 is 2.08 bits per heavy atom. The van der Waals surface area contributed by atoms with Gasteiger partial charge in [-0.1, -0.05) is 0 Å². The highest BCUT2D eigenvalue weighted by molar-refractivity contribution is 5.78. The van der Waals surface area contributed by atoms with E-state index in [9.17, 15) is 4.79 Å². The highest BCUT2D eigenvalue weighted by atomic mass is 16.5. The fourth-order valence-electron chi connectivity index (χ4n) is 4.01. The maximum Gasteiger partial charge on any atom is 0.230 e. The number of amides is 1. The third-order valence-electron chi connectivity index (χ3n) is 5.43. The first-order valence-electron chi connectivity index (χ1n) is 9.67. The molecule has 1 aromatic heterocycles. The van der Waals surface area contributed by atoms with Gasteiger partial charge in [0.2, 0.25) is 17.7 Å². The molecule has 0 aliphatic carbocycles. The first kappa shape index (κ1) is 19.3. The van der Waals surface area contributed by atoms with Crippen LogP contribution in [0.1, 0.15) is 37.5 Å². The fraction of sp³-hybridized carbons (Fsp3) is 0.833. The van der Waals surface area contributed by atoms with Crippen molar-refractivity contribution in [3.8, 4) is 0 Å². The Hall–Kier alpha value is -1.51. The quantitative estimate of drug-likeness (QED) is 0.716. The number of nitrogens with one attached hydrogen (secondary N) is 1. The molecule has 0 spiro atoms. The van der Waals surface area contributed by atoms with Gasteiger partial charge in [0.15, 0.2) is 0 Å². The van der Waals surface area contributed by atoms with Gasteiger partial charge in [0.25, 0.3) is 0 Å². The number of hydrogen-bond donors (Lipinski definition) is 1. The van der Waals surface area contributed by atoms with E-state index >= 15 is 0 Å². The Kier molecular flexibility index (Phi) is 6.99. The first-order valence-corrected chi connectivity index (χ1v) is 9.67. The van der Waals surface area contributed by atoms with Crippen molar-refractivity contribution in [2.45, 2.75) is 45.2 Å². The van der Waals surface area contributed by atoms with Crippen molar-refractivity contribution in [2.75, 3.05) is 46.4 Å². The third-order valence-corrected chi connectivity index (χ3v) is 5.43. The monoisotopic (exact) mass is 365 g/mol. The number of ether oxygens (including phenoxy) is 1. The van der Waals surface area contributed by atoms with Crippen molar-refractivity contribution in [3.63, 3.8) is 0 Å². The number of hydrogen-bond acceptors (Lipinski definition) is 7. The molecule has 3 heterocycles. The van der Waals surface area contributed by atoms with Crippen LogP contribution in [-0.2, 0) is 16.1 Å². The lowest BCUT2D eigenvalue weighted by molar-refractivity contribution is -0.127. The zero-order chi connectivity index (χ0) is 18.4. The predicted octanol–water partition coefficient (Wildman–Crippen LogP) is 0.817. The van der Waals surface area contributed by atoms with Gasteiger partial charge in [-0.25, -0.2) is 0 Å². The zero-order valence-electron chi connectivity index (χ0n) is 15.9. The Morgan fingerprint density at radius 3 is 2.77 bits per heavy atom. The minimum Gasteiger partial charge on any atom is -0.424 e. The van der Waals surface area contributed by atoms with Gasteiger partial charge in [-0.05, 0) is 32.2 Å². The topological polar surface area (TPSA) is 83.7 Å². The summed E-state index contributed by atoms with van der Waals surface area (Å²) < 4.78 is 10.5. The smallest absolute Gasteiger partial charge is 0.230 e. The summed E-state index contributed by atoms with van der Waals surface area (Å²) in [6, 6.07) is 0.574. The van der Waals surface area contributed by atoms with Gasteiger partial charge in [0.05, 0.1) is 19.1 Å². The first-order chi connectivity index (χ1) is 12.7. The lowest BCUT2D eigenvalue weighted by atomic mass is 9.93. The largest absolute Gasteiger partial charge is 0.424 e. The molecule has 2 saturated heterocycles. The second kappa shape index (κ2) is 9.43. The lowest BCUT2D eigenvalue weighted by Crippen LogP contribution is -2.50. The molecule has 8 nitrogen and oxygen atoms in total. The van der Waals surface area contributed by atoms with Crippen LogP contribution in [0.25, 0.3) is 0 Å². The second-order valence-corrected chi connectivity index (χ2v) is 7.34. The van der Waals surface area contributed by atoms with E-state index in [2.05, 4.69) is 25.3 Å². The van der Waals surface area contributed by atoms with Crippen LogP contribution in [0.2, 0.25) is 0 Å². The molecule has 3 rings (SSSR count). The van der Waals surface area contributed by atoms with E-state index in [0.29, 0.717) is 31.0 Å². The summed E-state index contributed by atoms with van der Waals surface area (Å²) in [5.41, 5.74) is 0. The average molecular weight is 365 g/mol. The van der Waals surface area contributed by atoms with Crippen LogP contribution in [0.15, 0.2) is 4.42 Å². The normalized spacial score (nSPS) is 23.2. The number of piperidine rings is 2. The van der Waals surface area contributed by atoms with E-state index < -0.39 is 0 Å². The Labute approximate surface area is 155 Å². The Bertz CT molecular complexity index is 571. The molecule has 1 amide bonds. The van der Waals surface area contributed by atoms with Crippen molar-refractivity contribution in [1.29, 1.82) is 0 Å². The van der Waals surface area contributed by atoms with Crippen LogP contribution in [0.5, 0.6) is 0 Å². The third kappa shape index (κ3) is 5.25.